The third-order valence-electron chi connectivity index (χ3n) is 3.99. The second-order valence-corrected chi connectivity index (χ2v) is 5.76. The molecule has 0 spiro atoms. The maximum atomic E-state index is 13.0. The lowest BCUT2D eigenvalue weighted by Crippen LogP contribution is -2.20. The summed E-state index contributed by atoms with van der Waals surface area (Å²) in [6.45, 7) is 0.518. The Labute approximate surface area is 148 Å². The van der Waals surface area contributed by atoms with E-state index in [4.69, 9.17) is 9.15 Å². The summed E-state index contributed by atoms with van der Waals surface area (Å²) >= 11 is 0. The van der Waals surface area contributed by atoms with E-state index in [-0.39, 0.29) is 24.9 Å². The zero-order valence-corrected chi connectivity index (χ0v) is 13.8. The summed E-state index contributed by atoms with van der Waals surface area (Å²) in [5.74, 6) is -0.0644. The van der Waals surface area contributed by atoms with Crippen LogP contribution in [0.4, 0.5) is 4.39 Å². The standard InChI is InChI=1S/C20H15FN2O3/c21-17-8-5-15(6-9-17)19-22-23(20(24)26-19)11-12-25-18-10-7-14-3-1-2-4-16(14)13-18/h1-10,13H,11-12H2. The average molecular weight is 350 g/mol. The molecule has 0 N–H and O–H groups in total. The van der Waals surface area contributed by atoms with Crippen molar-refractivity contribution in [2.24, 2.45) is 0 Å². The van der Waals surface area contributed by atoms with Crippen LogP contribution in [0.15, 0.2) is 75.9 Å². The molecule has 0 aliphatic carbocycles. The average Bonchev–Trinajstić information content (AvgIpc) is 3.03. The Kier molecular flexibility index (Phi) is 4.23. The van der Waals surface area contributed by atoms with E-state index >= 15 is 0 Å². The molecule has 0 aliphatic heterocycles. The highest BCUT2D eigenvalue weighted by Crippen LogP contribution is 2.20. The number of benzene rings is 3. The van der Waals surface area contributed by atoms with E-state index in [9.17, 15) is 9.18 Å². The molecule has 0 atom stereocenters. The largest absolute Gasteiger partial charge is 0.492 e. The minimum absolute atomic E-state index is 0.153. The quantitative estimate of drug-likeness (QED) is 0.548. The second-order valence-electron chi connectivity index (χ2n) is 5.76. The van der Waals surface area contributed by atoms with Gasteiger partial charge >= 0.3 is 5.76 Å². The summed E-state index contributed by atoms with van der Waals surface area (Å²) in [5, 5.41) is 6.35. The smallest absolute Gasteiger partial charge is 0.437 e. The first-order chi connectivity index (χ1) is 12.7. The zero-order chi connectivity index (χ0) is 17.9. The lowest BCUT2D eigenvalue weighted by Gasteiger charge is -2.06. The van der Waals surface area contributed by atoms with Gasteiger partial charge in [0.05, 0.1) is 6.54 Å². The predicted octanol–water partition coefficient (Wildman–Crippen LogP) is 3.87. The van der Waals surface area contributed by atoms with Crippen molar-refractivity contribution in [3.8, 4) is 17.2 Å². The first-order valence-corrected chi connectivity index (χ1v) is 8.14. The van der Waals surface area contributed by atoms with Crippen molar-refractivity contribution in [2.75, 3.05) is 6.61 Å². The Morgan fingerprint density at radius 2 is 1.77 bits per heavy atom. The molecule has 26 heavy (non-hydrogen) atoms. The molecule has 130 valence electrons. The molecule has 0 radical (unpaired) electrons. The monoisotopic (exact) mass is 350 g/mol. The van der Waals surface area contributed by atoms with Gasteiger partial charge in [0.2, 0.25) is 5.89 Å². The fourth-order valence-corrected chi connectivity index (χ4v) is 2.66. The molecule has 0 aliphatic rings. The van der Waals surface area contributed by atoms with Crippen molar-refractivity contribution in [1.29, 1.82) is 0 Å². The highest BCUT2D eigenvalue weighted by Gasteiger charge is 2.10. The summed E-state index contributed by atoms with van der Waals surface area (Å²) < 4.78 is 25.0. The van der Waals surface area contributed by atoms with Crippen LogP contribution in [0.5, 0.6) is 5.75 Å². The first kappa shape index (κ1) is 16.1. The Balaban J connectivity index is 1.44. The third-order valence-corrected chi connectivity index (χ3v) is 3.99. The van der Waals surface area contributed by atoms with Crippen LogP contribution >= 0.6 is 0 Å². The van der Waals surface area contributed by atoms with Crippen molar-refractivity contribution >= 4 is 10.8 Å². The number of hydrogen-bond acceptors (Lipinski definition) is 4. The molecule has 1 aromatic heterocycles. The fourth-order valence-electron chi connectivity index (χ4n) is 2.66. The van der Waals surface area contributed by atoms with Crippen LogP contribution in [0, 0.1) is 5.82 Å². The van der Waals surface area contributed by atoms with Crippen LogP contribution in [-0.2, 0) is 6.54 Å². The summed E-state index contributed by atoms with van der Waals surface area (Å²) in [7, 11) is 0. The summed E-state index contributed by atoms with van der Waals surface area (Å²) in [6, 6.07) is 19.4. The zero-order valence-electron chi connectivity index (χ0n) is 13.8. The SMILES string of the molecule is O=c1oc(-c2ccc(F)cc2)nn1CCOc1ccc2ccccc2c1. The van der Waals surface area contributed by atoms with Gasteiger partial charge in [-0.25, -0.2) is 9.18 Å². The predicted molar refractivity (Wildman–Crippen MR) is 95.6 cm³/mol. The molecule has 0 saturated carbocycles. The molecule has 1 heterocycles. The number of halogens is 1. The van der Waals surface area contributed by atoms with Gasteiger partial charge in [0.15, 0.2) is 0 Å². The Morgan fingerprint density at radius 1 is 1.00 bits per heavy atom. The van der Waals surface area contributed by atoms with Gasteiger partial charge in [0.1, 0.15) is 18.2 Å². The summed E-state index contributed by atoms with van der Waals surface area (Å²) in [5.41, 5.74) is 0.540. The Morgan fingerprint density at radius 3 is 2.58 bits per heavy atom. The van der Waals surface area contributed by atoms with Crippen LogP contribution < -0.4 is 10.5 Å². The molecule has 3 aromatic carbocycles. The van der Waals surface area contributed by atoms with Gasteiger partial charge in [0, 0.05) is 5.56 Å². The van der Waals surface area contributed by atoms with Crippen LogP contribution in [0.25, 0.3) is 22.2 Å². The first-order valence-electron chi connectivity index (χ1n) is 8.14. The highest BCUT2D eigenvalue weighted by atomic mass is 19.1. The maximum Gasteiger partial charge on any atom is 0.437 e. The van der Waals surface area contributed by atoms with Crippen molar-refractivity contribution in [2.45, 2.75) is 6.54 Å². The highest BCUT2D eigenvalue weighted by molar-refractivity contribution is 5.83. The van der Waals surface area contributed by atoms with Crippen molar-refractivity contribution in [3.05, 3.63) is 83.1 Å². The molecule has 4 aromatic rings. The van der Waals surface area contributed by atoms with Crippen LogP contribution in [0.2, 0.25) is 0 Å². The minimum Gasteiger partial charge on any atom is -0.492 e. The van der Waals surface area contributed by atoms with Gasteiger partial charge in [-0.05, 0) is 47.2 Å². The van der Waals surface area contributed by atoms with Crippen LogP contribution in [0.1, 0.15) is 0 Å². The fraction of sp³-hybridized carbons (Fsp3) is 0.100. The van der Waals surface area contributed by atoms with E-state index in [1.807, 2.05) is 42.5 Å². The molecule has 0 saturated heterocycles. The molecule has 0 unspecified atom stereocenters. The number of nitrogens with zero attached hydrogens (tertiary/aromatic N) is 2. The van der Waals surface area contributed by atoms with E-state index < -0.39 is 5.76 Å². The Hall–Kier alpha value is -3.41. The lowest BCUT2D eigenvalue weighted by molar-refractivity contribution is 0.286. The van der Waals surface area contributed by atoms with Gasteiger partial charge in [-0.15, -0.1) is 5.10 Å². The van der Waals surface area contributed by atoms with Gasteiger partial charge in [0.25, 0.3) is 0 Å². The number of aromatic nitrogens is 2. The summed E-state index contributed by atoms with van der Waals surface area (Å²) in [4.78, 5) is 11.9. The van der Waals surface area contributed by atoms with Crippen LogP contribution in [-0.4, -0.2) is 16.4 Å². The summed E-state index contributed by atoms with van der Waals surface area (Å²) in [6.07, 6.45) is 0. The van der Waals surface area contributed by atoms with Crippen molar-refractivity contribution < 1.29 is 13.5 Å². The molecular formula is C20H15FN2O3. The molecule has 0 amide bonds. The van der Waals surface area contributed by atoms with E-state index in [1.165, 1.54) is 28.9 Å². The van der Waals surface area contributed by atoms with Crippen LogP contribution in [0.3, 0.4) is 0 Å². The molecular weight excluding hydrogens is 335 g/mol. The molecule has 4 rings (SSSR count). The van der Waals surface area contributed by atoms with Gasteiger partial charge < -0.3 is 9.15 Å². The topological polar surface area (TPSA) is 57.3 Å². The van der Waals surface area contributed by atoms with Crippen molar-refractivity contribution in [3.63, 3.8) is 0 Å². The molecule has 6 heteroatoms. The van der Waals surface area contributed by atoms with Gasteiger partial charge in [-0.2, -0.15) is 4.68 Å². The van der Waals surface area contributed by atoms with Crippen molar-refractivity contribution in [1.82, 2.24) is 9.78 Å². The Bertz CT molecular complexity index is 1100. The van der Waals surface area contributed by atoms with E-state index in [0.717, 1.165) is 16.5 Å². The third kappa shape index (κ3) is 3.35. The second kappa shape index (κ2) is 6.84. The maximum absolute atomic E-state index is 13.0. The normalized spacial score (nSPS) is 11.0. The van der Waals surface area contributed by atoms with E-state index in [0.29, 0.717) is 5.56 Å². The lowest BCUT2D eigenvalue weighted by atomic mass is 10.1. The molecule has 5 nitrogen and oxygen atoms in total. The number of fused-ring (bicyclic) bond motifs is 1. The van der Waals surface area contributed by atoms with E-state index in [2.05, 4.69) is 5.10 Å². The van der Waals surface area contributed by atoms with E-state index in [1.54, 1.807) is 0 Å². The minimum atomic E-state index is -0.577. The number of hydrogen-bond donors (Lipinski definition) is 0. The number of rotatable bonds is 5. The molecule has 0 fully saturated rings. The molecule has 0 bridgehead atoms. The van der Waals surface area contributed by atoms with Gasteiger partial charge in [-0.3, -0.25) is 0 Å². The number of ether oxygens (including phenoxy) is 1. The van der Waals surface area contributed by atoms with Gasteiger partial charge in [-0.1, -0.05) is 30.3 Å².